The Bertz CT molecular complexity index is 86.3. The molecule has 0 rings (SSSR count). The normalized spacial score (nSPS) is 16.8. The lowest BCUT2D eigenvalue weighted by Gasteiger charge is -2.07. The van der Waals surface area contributed by atoms with E-state index in [0.717, 1.165) is 0 Å². The van der Waals surface area contributed by atoms with Gasteiger partial charge in [-0.2, -0.15) is 0 Å². The van der Waals surface area contributed by atoms with Crippen LogP contribution < -0.4 is 5.73 Å². The molecule has 2 atom stereocenters. The molecule has 4 heteroatoms. The monoisotopic (exact) mass is 133 g/mol. The summed E-state index contributed by atoms with van der Waals surface area (Å²) in [5, 5.41) is 16.9. The molecule has 0 saturated carbocycles. The maximum Gasteiger partial charge on any atom is 0.148 e. The van der Waals surface area contributed by atoms with E-state index in [9.17, 15) is 4.79 Å². The van der Waals surface area contributed by atoms with E-state index >= 15 is 0 Å². The van der Waals surface area contributed by atoms with Crippen molar-refractivity contribution in [3.05, 3.63) is 0 Å². The van der Waals surface area contributed by atoms with Gasteiger partial charge in [-0.05, 0) is 6.42 Å². The molecule has 1 unspecified atom stereocenters. The Morgan fingerprint density at radius 3 is 2.56 bits per heavy atom. The fraction of sp³-hybridized carbons (Fsp3) is 0.800. The lowest BCUT2D eigenvalue weighted by molar-refractivity contribution is -0.115. The smallest absolute Gasteiger partial charge is 0.148 e. The molecule has 0 bridgehead atoms. The SMILES string of the molecule is NC(CO)C[C@H](O)C=O. The fourth-order valence-electron chi connectivity index (χ4n) is 0.440. The van der Waals surface area contributed by atoms with Gasteiger partial charge in [-0.15, -0.1) is 0 Å². The number of aliphatic hydroxyl groups is 2. The first-order chi connectivity index (χ1) is 4.20. The van der Waals surface area contributed by atoms with E-state index in [2.05, 4.69) is 0 Å². The maximum atomic E-state index is 9.77. The molecule has 4 nitrogen and oxygen atoms in total. The second-order valence-electron chi connectivity index (χ2n) is 1.88. The minimum Gasteiger partial charge on any atom is -0.395 e. The Morgan fingerprint density at radius 2 is 2.22 bits per heavy atom. The van der Waals surface area contributed by atoms with Gasteiger partial charge >= 0.3 is 0 Å². The van der Waals surface area contributed by atoms with Gasteiger partial charge in [-0.1, -0.05) is 0 Å². The number of hydrogen-bond acceptors (Lipinski definition) is 4. The number of hydrogen-bond donors (Lipinski definition) is 3. The molecule has 0 aromatic heterocycles. The highest BCUT2D eigenvalue weighted by atomic mass is 16.3. The van der Waals surface area contributed by atoms with E-state index in [4.69, 9.17) is 15.9 Å². The number of aldehydes is 1. The van der Waals surface area contributed by atoms with Gasteiger partial charge in [0.1, 0.15) is 12.4 Å². The van der Waals surface area contributed by atoms with Crippen molar-refractivity contribution < 1.29 is 15.0 Å². The second kappa shape index (κ2) is 4.43. The van der Waals surface area contributed by atoms with Crippen LogP contribution >= 0.6 is 0 Å². The van der Waals surface area contributed by atoms with Gasteiger partial charge in [0.25, 0.3) is 0 Å². The van der Waals surface area contributed by atoms with Crippen molar-refractivity contribution in [2.45, 2.75) is 18.6 Å². The summed E-state index contributed by atoms with van der Waals surface area (Å²) in [6.07, 6.45) is -0.512. The number of nitrogens with two attached hydrogens (primary N) is 1. The zero-order valence-electron chi connectivity index (χ0n) is 5.03. The molecule has 54 valence electrons. The molecule has 0 aliphatic rings. The van der Waals surface area contributed by atoms with Crippen LogP contribution in [0.15, 0.2) is 0 Å². The van der Waals surface area contributed by atoms with E-state index in [1.165, 1.54) is 0 Å². The Balaban J connectivity index is 3.33. The third-order valence-electron chi connectivity index (χ3n) is 0.936. The van der Waals surface area contributed by atoms with Gasteiger partial charge in [0, 0.05) is 6.04 Å². The van der Waals surface area contributed by atoms with Crippen molar-refractivity contribution >= 4 is 6.29 Å². The summed E-state index contributed by atoms with van der Waals surface area (Å²) >= 11 is 0. The first-order valence-corrected chi connectivity index (χ1v) is 2.70. The molecule has 0 aromatic carbocycles. The summed E-state index contributed by atoms with van der Waals surface area (Å²) in [4.78, 5) is 9.77. The molecular weight excluding hydrogens is 122 g/mol. The van der Waals surface area contributed by atoms with Crippen molar-refractivity contribution in [3.8, 4) is 0 Å². The van der Waals surface area contributed by atoms with Crippen LogP contribution in [0.2, 0.25) is 0 Å². The van der Waals surface area contributed by atoms with Crippen LogP contribution in [0.25, 0.3) is 0 Å². The molecule has 0 aliphatic carbocycles. The molecule has 9 heavy (non-hydrogen) atoms. The van der Waals surface area contributed by atoms with Crippen molar-refractivity contribution in [2.75, 3.05) is 6.61 Å². The van der Waals surface area contributed by atoms with Gasteiger partial charge in [-0.25, -0.2) is 0 Å². The predicted octanol–water partition coefficient (Wildman–Crippen LogP) is -1.74. The van der Waals surface area contributed by atoms with Gasteiger partial charge in [0.2, 0.25) is 0 Å². The number of rotatable bonds is 4. The largest absolute Gasteiger partial charge is 0.395 e. The molecule has 0 radical (unpaired) electrons. The Labute approximate surface area is 53.3 Å². The molecule has 0 saturated heterocycles. The molecule has 0 amide bonds. The van der Waals surface area contributed by atoms with Gasteiger partial charge in [-0.3, -0.25) is 0 Å². The molecular formula is C5H11NO3. The summed E-state index contributed by atoms with van der Waals surface area (Å²) in [6, 6.07) is -0.495. The van der Waals surface area contributed by atoms with Crippen LogP contribution in [0, 0.1) is 0 Å². The van der Waals surface area contributed by atoms with Crippen LogP contribution in [0.5, 0.6) is 0 Å². The molecule has 0 aromatic rings. The van der Waals surface area contributed by atoms with Gasteiger partial charge < -0.3 is 20.7 Å². The lowest BCUT2D eigenvalue weighted by Crippen LogP contribution is -2.29. The van der Waals surface area contributed by atoms with Crippen LogP contribution in [0.3, 0.4) is 0 Å². The number of carbonyl (C=O) groups excluding carboxylic acids is 1. The predicted molar refractivity (Wildman–Crippen MR) is 31.7 cm³/mol. The molecule has 0 aliphatic heterocycles. The van der Waals surface area contributed by atoms with E-state index in [1.807, 2.05) is 0 Å². The fourth-order valence-corrected chi connectivity index (χ4v) is 0.440. The minimum atomic E-state index is -1.04. The highest BCUT2D eigenvalue weighted by Gasteiger charge is 2.07. The first kappa shape index (κ1) is 8.55. The van der Waals surface area contributed by atoms with Crippen molar-refractivity contribution in [1.82, 2.24) is 0 Å². The lowest BCUT2D eigenvalue weighted by atomic mass is 10.1. The quantitative estimate of drug-likeness (QED) is 0.397. The van der Waals surface area contributed by atoms with E-state index in [-0.39, 0.29) is 13.0 Å². The summed E-state index contributed by atoms with van der Waals surface area (Å²) < 4.78 is 0. The zero-order chi connectivity index (χ0) is 7.28. The van der Waals surface area contributed by atoms with E-state index in [0.29, 0.717) is 6.29 Å². The molecule has 4 N–H and O–H groups in total. The Morgan fingerprint density at radius 1 is 1.67 bits per heavy atom. The average molecular weight is 133 g/mol. The third kappa shape index (κ3) is 4.08. The third-order valence-corrected chi connectivity index (χ3v) is 0.936. The zero-order valence-corrected chi connectivity index (χ0v) is 5.03. The Hall–Kier alpha value is -0.450. The minimum absolute atomic E-state index is 0.125. The summed E-state index contributed by atoms with van der Waals surface area (Å²) in [5.41, 5.74) is 5.18. The first-order valence-electron chi connectivity index (χ1n) is 2.70. The highest BCUT2D eigenvalue weighted by Crippen LogP contribution is 1.90. The van der Waals surface area contributed by atoms with Crippen molar-refractivity contribution in [2.24, 2.45) is 5.73 Å². The van der Waals surface area contributed by atoms with Crippen LogP contribution in [0.1, 0.15) is 6.42 Å². The van der Waals surface area contributed by atoms with Crippen LogP contribution in [0.4, 0.5) is 0 Å². The average Bonchev–Trinajstić information content (AvgIpc) is 1.87. The summed E-state index contributed by atoms with van der Waals surface area (Å²) in [5.74, 6) is 0. The standard InChI is InChI=1S/C5H11NO3/c6-4(2-7)1-5(9)3-8/h3-5,7,9H,1-2,6H2/t4?,5-/m0/s1. The topological polar surface area (TPSA) is 83.6 Å². The summed E-state index contributed by atoms with van der Waals surface area (Å²) in [7, 11) is 0. The molecule has 0 fully saturated rings. The maximum absolute atomic E-state index is 9.77. The highest BCUT2D eigenvalue weighted by molar-refractivity contribution is 5.55. The van der Waals surface area contributed by atoms with Gasteiger partial charge in [0.15, 0.2) is 0 Å². The van der Waals surface area contributed by atoms with Crippen LogP contribution in [-0.2, 0) is 4.79 Å². The van der Waals surface area contributed by atoms with Crippen molar-refractivity contribution in [1.29, 1.82) is 0 Å². The number of aliphatic hydroxyl groups excluding tert-OH is 2. The van der Waals surface area contributed by atoms with E-state index in [1.54, 1.807) is 0 Å². The van der Waals surface area contributed by atoms with E-state index < -0.39 is 12.1 Å². The van der Waals surface area contributed by atoms with Gasteiger partial charge in [0.05, 0.1) is 6.61 Å². The Kier molecular flexibility index (Phi) is 4.21. The van der Waals surface area contributed by atoms with Crippen molar-refractivity contribution in [3.63, 3.8) is 0 Å². The molecule has 0 spiro atoms. The van der Waals surface area contributed by atoms with Crippen LogP contribution in [-0.4, -0.2) is 35.3 Å². The second-order valence-corrected chi connectivity index (χ2v) is 1.88. The number of carbonyl (C=O) groups is 1. The molecule has 0 heterocycles. The summed E-state index contributed by atoms with van der Waals surface area (Å²) in [6.45, 7) is -0.203.